The maximum Gasteiger partial charge on any atom is 0.290 e. The Bertz CT molecular complexity index is 921. The number of hydrogen-bond donors (Lipinski definition) is 0. The molecule has 0 aromatic heterocycles. The molecule has 178 valence electrons. The third-order valence-electron chi connectivity index (χ3n) is 7.61. The van der Waals surface area contributed by atoms with Gasteiger partial charge < -0.3 is 19.1 Å². The zero-order valence-corrected chi connectivity index (χ0v) is 19.6. The van der Waals surface area contributed by atoms with Gasteiger partial charge in [-0.05, 0) is 49.3 Å². The topological polar surface area (TPSA) is 68.3 Å². The van der Waals surface area contributed by atoms with Gasteiger partial charge in [0, 0.05) is 26.2 Å². The molecule has 4 unspecified atom stereocenters. The van der Waals surface area contributed by atoms with Gasteiger partial charge in [0.25, 0.3) is 5.91 Å². The predicted octanol–water partition coefficient (Wildman–Crippen LogP) is 2.96. The van der Waals surface area contributed by atoms with E-state index in [0.29, 0.717) is 23.8 Å². The second-order valence-corrected chi connectivity index (χ2v) is 9.77. The van der Waals surface area contributed by atoms with Crippen LogP contribution in [-0.4, -0.2) is 74.1 Å². The van der Waals surface area contributed by atoms with Gasteiger partial charge in [0.05, 0.1) is 37.9 Å². The molecule has 0 radical (unpaired) electrons. The van der Waals surface area contributed by atoms with Gasteiger partial charge in [-0.25, -0.2) is 0 Å². The van der Waals surface area contributed by atoms with E-state index in [0.717, 1.165) is 69.8 Å². The molecule has 2 fully saturated rings. The number of hydrogen-bond acceptors (Lipinski definition) is 6. The Balaban J connectivity index is 1.42. The van der Waals surface area contributed by atoms with E-state index in [1.807, 2.05) is 29.2 Å². The summed E-state index contributed by atoms with van der Waals surface area (Å²) in [6.45, 7) is 7.06. The molecule has 7 heteroatoms. The fraction of sp³-hybridized carbons (Fsp3) is 0.615. The number of ketones is 1. The number of morpholine rings is 1. The smallest absolute Gasteiger partial charge is 0.290 e. The number of nitrogens with zero attached hydrogens (tertiary/aromatic N) is 2. The van der Waals surface area contributed by atoms with Gasteiger partial charge in [0.15, 0.2) is 11.5 Å². The standard InChI is InChI=1S/C26H34N2O5/c1-17-4-9-21-20(16-17)24(29)22-23(18-5-7-19(31-2)8-6-18)28(26(30)25(22)33-21)11-3-10-27-12-14-32-15-13-27/h5-8,17,20-21,23H,3-4,9-16H2,1-2H3. The number of ether oxygens (including phenoxy) is 3. The van der Waals surface area contributed by atoms with Crippen LogP contribution in [0.2, 0.25) is 0 Å². The summed E-state index contributed by atoms with van der Waals surface area (Å²) < 4.78 is 17.0. The molecule has 0 spiro atoms. The molecule has 1 aromatic carbocycles. The monoisotopic (exact) mass is 454 g/mol. The molecule has 33 heavy (non-hydrogen) atoms. The number of Topliss-reactive ketones (excluding diaryl/α,β-unsaturated/α-hetero) is 1. The van der Waals surface area contributed by atoms with Crippen LogP contribution >= 0.6 is 0 Å². The van der Waals surface area contributed by atoms with E-state index in [4.69, 9.17) is 14.2 Å². The van der Waals surface area contributed by atoms with Gasteiger partial charge in [0.1, 0.15) is 11.9 Å². The van der Waals surface area contributed by atoms with Crippen molar-refractivity contribution in [1.29, 1.82) is 0 Å². The minimum Gasteiger partial charge on any atom is -0.497 e. The highest BCUT2D eigenvalue weighted by Crippen LogP contribution is 2.47. The lowest BCUT2D eigenvalue weighted by Gasteiger charge is -2.37. The van der Waals surface area contributed by atoms with Crippen molar-refractivity contribution in [3.05, 3.63) is 41.2 Å². The molecule has 1 aliphatic carbocycles. The molecular weight excluding hydrogens is 420 g/mol. The normalized spacial score (nSPS) is 30.2. The number of carbonyl (C=O) groups is 2. The second kappa shape index (κ2) is 9.47. The SMILES string of the molecule is COc1ccc(C2C3=C(OC4CCC(C)CC4C3=O)C(=O)N2CCCN2CCOCC2)cc1. The third-order valence-corrected chi connectivity index (χ3v) is 7.61. The maximum absolute atomic E-state index is 13.7. The quantitative estimate of drug-likeness (QED) is 0.658. The van der Waals surface area contributed by atoms with Crippen molar-refractivity contribution in [3.63, 3.8) is 0 Å². The average Bonchev–Trinajstić information content (AvgIpc) is 3.12. The fourth-order valence-corrected chi connectivity index (χ4v) is 5.78. The van der Waals surface area contributed by atoms with Crippen molar-refractivity contribution in [1.82, 2.24) is 9.80 Å². The second-order valence-electron chi connectivity index (χ2n) is 9.77. The first-order valence-electron chi connectivity index (χ1n) is 12.3. The zero-order chi connectivity index (χ0) is 22.9. The van der Waals surface area contributed by atoms with Crippen LogP contribution < -0.4 is 4.74 Å². The Labute approximate surface area is 195 Å². The molecular formula is C26H34N2O5. The molecule has 3 heterocycles. The van der Waals surface area contributed by atoms with Crippen LogP contribution in [0, 0.1) is 11.8 Å². The number of benzene rings is 1. The highest BCUT2D eigenvalue weighted by atomic mass is 16.5. The van der Waals surface area contributed by atoms with E-state index in [1.165, 1.54) is 0 Å². The first kappa shape index (κ1) is 22.4. The minimum atomic E-state index is -0.395. The zero-order valence-electron chi connectivity index (χ0n) is 19.6. The molecule has 1 saturated heterocycles. The summed E-state index contributed by atoms with van der Waals surface area (Å²) >= 11 is 0. The van der Waals surface area contributed by atoms with Gasteiger partial charge in [-0.3, -0.25) is 14.5 Å². The van der Waals surface area contributed by atoms with Crippen LogP contribution in [0.1, 0.15) is 44.2 Å². The van der Waals surface area contributed by atoms with Gasteiger partial charge >= 0.3 is 0 Å². The summed E-state index contributed by atoms with van der Waals surface area (Å²) in [6, 6.07) is 7.32. The summed E-state index contributed by atoms with van der Waals surface area (Å²) in [7, 11) is 1.63. The van der Waals surface area contributed by atoms with Gasteiger partial charge in [-0.15, -0.1) is 0 Å². The van der Waals surface area contributed by atoms with Crippen molar-refractivity contribution < 1.29 is 23.8 Å². The third kappa shape index (κ3) is 4.28. The first-order chi connectivity index (χ1) is 16.1. The van der Waals surface area contributed by atoms with E-state index in [2.05, 4.69) is 11.8 Å². The molecule has 5 rings (SSSR count). The van der Waals surface area contributed by atoms with Gasteiger partial charge in [-0.1, -0.05) is 19.1 Å². The molecule has 3 aliphatic heterocycles. The summed E-state index contributed by atoms with van der Waals surface area (Å²) in [5.74, 6) is 1.37. The average molecular weight is 455 g/mol. The maximum atomic E-state index is 13.7. The van der Waals surface area contributed by atoms with Crippen LogP contribution in [0.3, 0.4) is 0 Å². The Hall–Kier alpha value is -2.38. The van der Waals surface area contributed by atoms with E-state index in [1.54, 1.807) is 7.11 Å². The summed E-state index contributed by atoms with van der Waals surface area (Å²) in [5, 5.41) is 0. The van der Waals surface area contributed by atoms with Crippen molar-refractivity contribution in [3.8, 4) is 5.75 Å². The number of methoxy groups -OCH3 is 1. The van der Waals surface area contributed by atoms with Crippen LogP contribution in [0.5, 0.6) is 5.75 Å². The first-order valence-corrected chi connectivity index (χ1v) is 12.3. The molecule has 0 bridgehead atoms. The van der Waals surface area contributed by atoms with Gasteiger partial charge in [-0.2, -0.15) is 0 Å². The minimum absolute atomic E-state index is 0.109. The largest absolute Gasteiger partial charge is 0.497 e. The van der Waals surface area contributed by atoms with Crippen LogP contribution in [0.15, 0.2) is 35.6 Å². The van der Waals surface area contributed by atoms with Crippen LogP contribution in [0.4, 0.5) is 0 Å². The van der Waals surface area contributed by atoms with Crippen molar-refractivity contribution in [2.24, 2.45) is 11.8 Å². The summed E-state index contributed by atoms with van der Waals surface area (Å²) in [6.07, 6.45) is 3.39. The lowest BCUT2D eigenvalue weighted by molar-refractivity contribution is -0.136. The number of carbonyl (C=O) groups excluding carboxylic acids is 2. The highest BCUT2D eigenvalue weighted by Gasteiger charge is 2.52. The molecule has 0 N–H and O–H groups in total. The number of amides is 1. The fourth-order valence-electron chi connectivity index (χ4n) is 5.78. The van der Waals surface area contributed by atoms with Crippen LogP contribution in [0.25, 0.3) is 0 Å². The van der Waals surface area contributed by atoms with Gasteiger partial charge in [0.2, 0.25) is 0 Å². The van der Waals surface area contributed by atoms with E-state index < -0.39 is 6.04 Å². The lowest BCUT2D eigenvalue weighted by Crippen LogP contribution is -2.41. The number of rotatable bonds is 6. The highest BCUT2D eigenvalue weighted by molar-refractivity contribution is 6.11. The Morgan fingerprint density at radius 2 is 1.82 bits per heavy atom. The Morgan fingerprint density at radius 1 is 1.06 bits per heavy atom. The lowest BCUT2D eigenvalue weighted by atomic mass is 9.74. The van der Waals surface area contributed by atoms with Crippen LogP contribution in [-0.2, 0) is 19.1 Å². The summed E-state index contributed by atoms with van der Waals surface area (Å²) in [5.41, 5.74) is 1.49. The Kier molecular flexibility index (Phi) is 6.43. The van der Waals surface area contributed by atoms with Crippen molar-refractivity contribution >= 4 is 11.7 Å². The van der Waals surface area contributed by atoms with E-state index in [-0.39, 0.29) is 23.7 Å². The molecule has 1 aromatic rings. The van der Waals surface area contributed by atoms with E-state index in [9.17, 15) is 9.59 Å². The summed E-state index contributed by atoms with van der Waals surface area (Å²) in [4.78, 5) is 31.5. The molecule has 1 saturated carbocycles. The molecule has 1 amide bonds. The molecule has 4 atom stereocenters. The van der Waals surface area contributed by atoms with Crippen molar-refractivity contribution in [2.75, 3.05) is 46.5 Å². The molecule has 4 aliphatic rings. The Morgan fingerprint density at radius 3 is 2.55 bits per heavy atom. The predicted molar refractivity (Wildman–Crippen MR) is 123 cm³/mol. The van der Waals surface area contributed by atoms with E-state index >= 15 is 0 Å². The number of fused-ring (bicyclic) bond motifs is 1. The van der Waals surface area contributed by atoms with Crippen molar-refractivity contribution in [2.45, 2.75) is 44.8 Å². The molecule has 7 nitrogen and oxygen atoms in total.